The minimum absolute atomic E-state index is 0.0371. The van der Waals surface area contributed by atoms with Crippen LogP contribution in [0.2, 0.25) is 0 Å². The second-order valence-corrected chi connectivity index (χ2v) is 4.29. The average Bonchev–Trinajstić information content (AvgIpc) is 2.35. The lowest BCUT2D eigenvalue weighted by molar-refractivity contribution is -0.107. The highest BCUT2D eigenvalue weighted by Gasteiger charge is 2.14. The zero-order valence-electron chi connectivity index (χ0n) is 11.1. The van der Waals surface area contributed by atoms with Crippen molar-refractivity contribution in [1.29, 1.82) is 0 Å². The fourth-order valence-electron chi connectivity index (χ4n) is 1.58. The maximum absolute atomic E-state index is 13.9. The van der Waals surface area contributed by atoms with Gasteiger partial charge in [-0.1, -0.05) is 13.5 Å². The number of carbonyl (C=O) groups is 1. The first-order chi connectivity index (χ1) is 8.99. The average molecular weight is 268 g/mol. The summed E-state index contributed by atoms with van der Waals surface area (Å²) < 4.78 is 27.7. The van der Waals surface area contributed by atoms with E-state index in [4.69, 9.17) is 0 Å². The summed E-state index contributed by atoms with van der Waals surface area (Å²) in [4.78, 5) is 10.2. The standard InChI is InChI=1S/C14H18F2N2O/c1-4-9(2)18-11-7-12(15)14(13(16)8-11)10(3)17-5-6-19/h6-9,17-18H,3-5H2,1-2H3. The van der Waals surface area contributed by atoms with Crippen LogP contribution in [-0.4, -0.2) is 18.9 Å². The largest absolute Gasteiger partial charge is 0.382 e. The summed E-state index contributed by atoms with van der Waals surface area (Å²) in [7, 11) is 0. The molecule has 0 bridgehead atoms. The van der Waals surface area contributed by atoms with E-state index in [1.54, 1.807) is 0 Å². The van der Waals surface area contributed by atoms with Crippen molar-refractivity contribution in [2.45, 2.75) is 26.3 Å². The number of aldehydes is 1. The summed E-state index contributed by atoms with van der Waals surface area (Å²) >= 11 is 0. The van der Waals surface area contributed by atoms with Crippen LogP contribution in [0.5, 0.6) is 0 Å². The molecule has 1 unspecified atom stereocenters. The SMILES string of the molecule is C=C(NCC=O)c1c(F)cc(NC(C)CC)cc1F. The van der Waals surface area contributed by atoms with E-state index in [1.807, 2.05) is 13.8 Å². The highest BCUT2D eigenvalue weighted by Crippen LogP contribution is 2.23. The summed E-state index contributed by atoms with van der Waals surface area (Å²) in [6, 6.07) is 2.57. The first kappa shape index (κ1) is 15.1. The summed E-state index contributed by atoms with van der Waals surface area (Å²) in [6.45, 7) is 7.38. The minimum Gasteiger partial charge on any atom is -0.382 e. The van der Waals surface area contributed by atoms with Gasteiger partial charge in [-0.15, -0.1) is 0 Å². The number of hydrogen-bond acceptors (Lipinski definition) is 3. The van der Waals surface area contributed by atoms with Crippen molar-refractivity contribution in [1.82, 2.24) is 5.32 Å². The van der Waals surface area contributed by atoms with Crippen LogP contribution in [-0.2, 0) is 4.79 Å². The van der Waals surface area contributed by atoms with Crippen molar-refractivity contribution in [3.63, 3.8) is 0 Å². The van der Waals surface area contributed by atoms with Gasteiger partial charge in [-0.2, -0.15) is 0 Å². The fraction of sp³-hybridized carbons (Fsp3) is 0.357. The second-order valence-electron chi connectivity index (χ2n) is 4.29. The number of rotatable bonds is 7. The molecule has 0 aromatic heterocycles. The normalized spacial score (nSPS) is 11.8. The molecule has 0 saturated heterocycles. The number of halogens is 2. The van der Waals surface area contributed by atoms with Gasteiger partial charge in [0.2, 0.25) is 0 Å². The smallest absolute Gasteiger partial charge is 0.139 e. The second kappa shape index (κ2) is 6.87. The van der Waals surface area contributed by atoms with E-state index >= 15 is 0 Å². The van der Waals surface area contributed by atoms with E-state index in [-0.39, 0.29) is 23.8 Å². The van der Waals surface area contributed by atoms with Crippen LogP contribution >= 0.6 is 0 Å². The molecule has 1 rings (SSSR count). The van der Waals surface area contributed by atoms with Crippen LogP contribution in [0.4, 0.5) is 14.5 Å². The molecule has 0 aliphatic heterocycles. The molecule has 2 N–H and O–H groups in total. The van der Waals surface area contributed by atoms with Crippen molar-refractivity contribution in [2.24, 2.45) is 0 Å². The molecule has 1 aromatic carbocycles. The Morgan fingerprint density at radius 1 is 1.42 bits per heavy atom. The Hall–Kier alpha value is -1.91. The highest BCUT2D eigenvalue weighted by molar-refractivity contribution is 5.67. The summed E-state index contributed by atoms with van der Waals surface area (Å²) in [5.41, 5.74) is 0.199. The lowest BCUT2D eigenvalue weighted by Crippen LogP contribution is -2.17. The van der Waals surface area contributed by atoms with Gasteiger partial charge < -0.3 is 15.4 Å². The third kappa shape index (κ3) is 4.05. The molecule has 19 heavy (non-hydrogen) atoms. The van der Waals surface area contributed by atoms with Gasteiger partial charge in [0.1, 0.15) is 17.9 Å². The van der Waals surface area contributed by atoms with E-state index in [2.05, 4.69) is 17.2 Å². The third-order valence-electron chi connectivity index (χ3n) is 2.77. The Morgan fingerprint density at radius 3 is 2.47 bits per heavy atom. The maximum atomic E-state index is 13.9. The molecule has 5 heteroatoms. The topological polar surface area (TPSA) is 41.1 Å². The van der Waals surface area contributed by atoms with Crippen LogP contribution < -0.4 is 10.6 Å². The molecular weight excluding hydrogens is 250 g/mol. The number of benzene rings is 1. The van der Waals surface area contributed by atoms with Crippen molar-refractivity contribution >= 4 is 17.7 Å². The van der Waals surface area contributed by atoms with Gasteiger partial charge in [-0.25, -0.2) is 8.78 Å². The predicted octanol–water partition coefficient (Wildman–Crippen LogP) is 2.93. The zero-order chi connectivity index (χ0) is 14.4. The Balaban J connectivity index is 2.97. The maximum Gasteiger partial charge on any atom is 0.139 e. The van der Waals surface area contributed by atoms with Crippen LogP contribution in [0.15, 0.2) is 18.7 Å². The van der Waals surface area contributed by atoms with Gasteiger partial charge in [0.25, 0.3) is 0 Å². The molecule has 1 aromatic rings. The molecule has 0 spiro atoms. The summed E-state index contributed by atoms with van der Waals surface area (Å²) in [6.07, 6.45) is 1.44. The van der Waals surface area contributed by atoms with Crippen molar-refractivity contribution < 1.29 is 13.6 Å². The van der Waals surface area contributed by atoms with E-state index in [9.17, 15) is 13.6 Å². The number of nitrogens with one attached hydrogen (secondary N) is 2. The van der Waals surface area contributed by atoms with E-state index in [1.165, 1.54) is 12.1 Å². The lowest BCUT2D eigenvalue weighted by atomic mass is 10.1. The van der Waals surface area contributed by atoms with Crippen molar-refractivity contribution in [3.05, 3.63) is 35.9 Å². The van der Waals surface area contributed by atoms with Crippen LogP contribution in [0.3, 0.4) is 0 Å². The molecule has 0 radical (unpaired) electrons. The van der Waals surface area contributed by atoms with Gasteiger partial charge in [-0.05, 0) is 25.5 Å². The fourth-order valence-corrected chi connectivity index (χ4v) is 1.58. The molecule has 0 amide bonds. The monoisotopic (exact) mass is 268 g/mol. The van der Waals surface area contributed by atoms with E-state index < -0.39 is 11.6 Å². The Kier molecular flexibility index (Phi) is 5.48. The molecule has 3 nitrogen and oxygen atoms in total. The molecule has 104 valence electrons. The van der Waals surface area contributed by atoms with E-state index in [0.29, 0.717) is 12.0 Å². The molecular formula is C14H18F2N2O. The van der Waals surface area contributed by atoms with Crippen molar-refractivity contribution in [2.75, 3.05) is 11.9 Å². The van der Waals surface area contributed by atoms with Gasteiger partial charge in [0, 0.05) is 17.4 Å². The predicted molar refractivity (Wildman–Crippen MR) is 72.8 cm³/mol. The Labute approximate surface area is 111 Å². The molecule has 0 fully saturated rings. The molecule has 0 aliphatic carbocycles. The molecule has 0 heterocycles. The van der Waals surface area contributed by atoms with Crippen LogP contribution in [0.1, 0.15) is 25.8 Å². The lowest BCUT2D eigenvalue weighted by Gasteiger charge is -2.15. The van der Waals surface area contributed by atoms with Gasteiger partial charge in [0.05, 0.1) is 12.1 Å². The zero-order valence-corrected chi connectivity index (χ0v) is 11.1. The van der Waals surface area contributed by atoms with Crippen molar-refractivity contribution in [3.8, 4) is 0 Å². The number of carbonyl (C=O) groups excluding carboxylic acids is 1. The quantitative estimate of drug-likeness (QED) is 0.747. The Morgan fingerprint density at radius 2 is 2.00 bits per heavy atom. The van der Waals surface area contributed by atoms with Gasteiger partial charge in [-0.3, -0.25) is 0 Å². The van der Waals surface area contributed by atoms with E-state index in [0.717, 1.165) is 6.42 Å². The first-order valence-electron chi connectivity index (χ1n) is 6.12. The van der Waals surface area contributed by atoms with Gasteiger partial charge in [0.15, 0.2) is 0 Å². The number of hydrogen-bond donors (Lipinski definition) is 2. The minimum atomic E-state index is -0.714. The van der Waals surface area contributed by atoms with Gasteiger partial charge >= 0.3 is 0 Å². The summed E-state index contributed by atoms with van der Waals surface area (Å²) in [5, 5.41) is 5.54. The Bertz CT molecular complexity index is 452. The molecule has 0 aliphatic rings. The number of anilines is 1. The molecule has 0 saturated carbocycles. The molecule has 1 atom stereocenters. The first-order valence-corrected chi connectivity index (χ1v) is 6.12. The van der Waals surface area contributed by atoms with Crippen LogP contribution in [0.25, 0.3) is 5.70 Å². The van der Waals surface area contributed by atoms with Crippen LogP contribution in [0, 0.1) is 11.6 Å². The summed E-state index contributed by atoms with van der Waals surface area (Å²) in [5.74, 6) is -1.43. The third-order valence-corrected chi connectivity index (χ3v) is 2.77. The highest BCUT2D eigenvalue weighted by atomic mass is 19.1.